The van der Waals surface area contributed by atoms with Crippen molar-refractivity contribution in [3.63, 3.8) is 0 Å². The minimum Gasteiger partial charge on any atom is -0.496 e. The summed E-state index contributed by atoms with van der Waals surface area (Å²) in [5.41, 5.74) is 2.55. The molecule has 1 aromatic rings. The van der Waals surface area contributed by atoms with Crippen LogP contribution < -0.4 is 10.1 Å². The first kappa shape index (κ1) is 12.8. The zero-order valence-electron chi connectivity index (χ0n) is 10.7. The van der Waals surface area contributed by atoms with E-state index >= 15 is 0 Å². The Morgan fingerprint density at radius 1 is 1.47 bits per heavy atom. The van der Waals surface area contributed by atoms with Gasteiger partial charge in [-0.1, -0.05) is 17.7 Å². The number of rotatable bonds is 5. The van der Waals surface area contributed by atoms with Crippen LogP contribution in [0.5, 0.6) is 5.75 Å². The number of benzene rings is 1. The van der Waals surface area contributed by atoms with Gasteiger partial charge in [0.2, 0.25) is 0 Å². The van der Waals surface area contributed by atoms with Crippen LogP contribution in [0.3, 0.4) is 0 Å². The van der Waals surface area contributed by atoms with Crippen LogP contribution in [0.1, 0.15) is 17.5 Å². The maximum absolute atomic E-state index is 5.38. The number of thioether (sulfide) groups is 1. The predicted molar refractivity (Wildman–Crippen MR) is 74.9 cm³/mol. The molecule has 0 aliphatic carbocycles. The van der Waals surface area contributed by atoms with Gasteiger partial charge in [-0.2, -0.15) is 11.8 Å². The van der Waals surface area contributed by atoms with E-state index in [9.17, 15) is 0 Å². The minimum atomic E-state index is 0.857. The highest BCUT2D eigenvalue weighted by Crippen LogP contribution is 2.23. The molecule has 0 aromatic heterocycles. The van der Waals surface area contributed by atoms with E-state index < -0.39 is 0 Å². The van der Waals surface area contributed by atoms with E-state index in [0.29, 0.717) is 0 Å². The molecular weight excluding hydrogens is 230 g/mol. The SMILES string of the molecule is COc1ccc(C)cc1CNCC1CCSC1. The van der Waals surface area contributed by atoms with Crippen molar-refractivity contribution in [3.05, 3.63) is 29.3 Å². The van der Waals surface area contributed by atoms with Crippen LogP contribution in [0.25, 0.3) is 0 Å². The van der Waals surface area contributed by atoms with E-state index in [1.807, 2.05) is 0 Å². The van der Waals surface area contributed by atoms with Crippen LogP contribution in [-0.2, 0) is 6.54 Å². The number of aryl methyl sites for hydroxylation is 1. The Bertz CT molecular complexity index is 361. The van der Waals surface area contributed by atoms with Crippen molar-refractivity contribution in [3.8, 4) is 5.75 Å². The first-order valence-corrected chi connectivity index (χ1v) is 7.37. The molecule has 3 heteroatoms. The summed E-state index contributed by atoms with van der Waals surface area (Å²) in [7, 11) is 1.74. The molecule has 1 heterocycles. The van der Waals surface area contributed by atoms with Gasteiger partial charge in [0.25, 0.3) is 0 Å². The minimum absolute atomic E-state index is 0.857. The second-order valence-corrected chi connectivity index (χ2v) is 5.83. The lowest BCUT2D eigenvalue weighted by Crippen LogP contribution is -2.22. The van der Waals surface area contributed by atoms with Gasteiger partial charge in [-0.05, 0) is 43.4 Å². The van der Waals surface area contributed by atoms with Gasteiger partial charge in [-0.15, -0.1) is 0 Å². The summed E-state index contributed by atoms with van der Waals surface area (Å²) in [6.45, 7) is 4.16. The summed E-state index contributed by atoms with van der Waals surface area (Å²) in [6, 6.07) is 6.35. The summed E-state index contributed by atoms with van der Waals surface area (Å²) < 4.78 is 5.38. The molecule has 1 saturated heterocycles. The molecule has 17 heavy (non-hydrogen) atoms. The Balaban J connectivity index is 1.86. The molecule has 1 fully saturated rings. The number of hydrogen-bond acceptors (Lipinski definition) is 3. The molecule has 1 atom stereocenters. The topological polar surface area (TPSA) is 21.3 Å². The molecule has 2 rings (SSSR count). The largest absolute Gasteiger partial charge is 0.496 e. The van der Waals surface area contributed by atoms with Crippen molar-refractivity contribution in [2.75, 3.05) is 25.2 Å². The first-order valence-electron chi connectivity index (χ1n) is 6.21. The van der Waals surface area contributed by atoms with Crippen LogP contribution in [0.15, 0.2) is 18.2 Å². The van der Waals surface area contributed by atoms with Crippen molar-refractivity contribution < 1.29 is 4.74 Å². The lowest BCUT2D eigenvalue weighted by atomic mass is 10.1. The van der Waals surface area contributed by atoms with Crippen LogP contribution in [0, 0.1) is 12.8 Å². The third kappa shape index (κ3) is 3.65. The number of methoxy groups -OCH3 is 1. The molecule has 1 aromatic carbocycles. The quantitative estimate of drug-likeness (QED) is 0.869. The fourth-order valence-corrected chi connectivity index (χ4v) is 3.49. The molecule has 1 unspecified atom stereocenters. The van der Waals surface area contributed by atoms with Gasteiger partial charge in [0, 0.05) is 12.1 Å². The average Bonchev–Trinajstić information content (AvgIpc) is 2.82. The monoisotopic (exact) mass is 251 g/mol. The lowest BCUT2D eigenvalue weighted by molar-refractivity contribution is 0.406. The molecule has 0 bridgehead atoms. The van der Waals surface area contributed by atoms with Crippen molar-refractivity contribution in [2.45, 2.75) is 19.9 Å². The number of hydrogen-bond donors (Lipinski definition) is 1. The summed E-state index contributed by atoms with van der Waals surface area (Å²) in [5, 5.41) is 3.55. The normalized spacial score (nSPS) is 19.5. The van der Waals surface area contributed by atoms with Gasteiger partial charge in [0.05, 0.1) is 7.11 Å². The van der Waals surface area contributed by atoms with E-state index in [-0.39, 0.29) is 0 Å². The lowest BCUT2D eigenvalue weighted by Gasteiger charge is -2.13. The Labute approximate surface area is 108 Å². The van der Waals surface area contributed by atoms with Gasteiger partial charge in [0.15, 0.2) is 0 Å². The maximum Gasteiger partial charge on any atom is 0.123 e. The van der Waals surface area contributed by atoms with Gasteiger partial charge in [-0.25, -0.2) is 0 Å². The van der Waals surface area contributed by atoms with Crippen LogP contribution in [0.4, 0.5) is 0 Å². The zero-order chi connectivity index (χ0) is 12.1. The van der Waals surface area contributed by atoms with E-state index in [4.69, 9.17) is 4.74 Å². The van der Waals surface area contributed by atoms with Gasteiger partial charge in [0.1, 0.15) is 5.75 Å². The third-order valence-corrected chi connectivity index (χ3v) is 4.44. The van der Waals surface area contributed by atoms with E-state index in [2.05, 4.69) is 42.2 Å². The predicted octanol–water partition coefficient (Wildman–Crippen LogP) is 2.85. The molecule has 0 saturated carbocycles. The number of nitrogens with one attached hydrogen (secondary N) is 1. The summed E-state index contributed by atoms with van der Waals surface area (Å²) in [6.07, 6.45) is 1.36. The zero-order valence-corrected chi connectivity index (χ0v) is 11.5. The van der Waals surface area contributed by atoms with Crippen molar-refractivity contribution >= 4 is 11.8 Å². The molecule has 0 radical (unpaired) electrons. The van der Waals surface area contributed by atoms with Crippen LogP contribution >= 0.6 is 11.8 Å². The summed E-state index contributed by atoms with van der Waals surface area (Å²) in [4.78, 5) is 0. The Kier molecular flexibility index (Phi) is 4.75. The standard InChI is InChI=1S/C14H21NOS/c1-11-3-4-14(16-2)13(7-11)9-15-8-12-5-6-17-10-12/h3-4,7,12,15H,5-6,8-10H2,1-2H3. The van der Waals surface area contributed by atoms with E-state index in [1.165, 1.54) is 29.1 Å². The van der Waals surface area contributed by atoms with Crippen molar-refractivity contribution in [1.82, 2.24) is 5.32 Å². The maximum atomic E-state index is 5.38. The van der Waals surface area contributed by atoms with Crippen LogP contribution in [0.2, 0.25) is 0 Å². The fourth-order valence-electron chi connectivity index (χ4n) is 2.20. The molecule has 1 aliphatic rings. The van der Waals surface area contributed by atoms with Gasteiger partial charge < -0.3 is 10.1 Å². The molecule has 2 nitrogen and oxygen atoms in total. The number of ether oxygens (including phenoxy) is 1. The highest BCUT2D eigenvalue weighted by molar-refractivity contribution is 7.99. The van der Waals surface area contributed by atoms with Crippen molar-refractivity contribution in [1.29, 1.82) is 0 Å². The Hall–Kier alpha value is -0.670. The molecule has 0 amide bonds. The highest BCUT2D eigenvalue weighted by Gasteiger charge is 2.14. The third-order valence-electron chi connectivity index (χ3n) is 3.21. The van der Waals surface area contributed by atoms with E-state index in [1.54, 1.807) is 7.11 Å². The van der Waals surface area contributed by atoms with Gasteiger partial charge >= 0.3 is 0 Å². The first-order chi connectivity index (χ1) is 8.29. The molecule has 0 spiro atoms. The molecular formula is C14H21NOS. The second kappa shape index (κ2) is 6.31. The summed E-state index contributed by atoms with van der Waals surface area (Å²) >= 11 is 2.07. The molecule has 1 aliphatic heterocycles. The summed E-state index contributed by atoms with van der Waals surface area (Å²) in [5.74, 6) is 4.50. The van der Waals surface area contributed by atoms with Crippen molar-refractivity contribution in [2.24, 2.45) is 5.92 Å². The highest BCUT2D eigenvalue weighted by atomic mass is 32.2. The fraction of sp³-hybridized carbons (Fsp3) is 0.571. The Morgan fingerprint density at radius 2 is 2.35 bits per heavy atom. The van der Waals surface area contributed by atoms with Gasteiger partial charge in [-0.3, -0.25) is 0 Å². The molecule has 94 valence electrons. The van der Waals surface area contributed by atoms with E-state index in [0.717, 1.165) is 24.8 Å². The van der Waals surface area contributed by atoms with Crippen LogP contribution in [-0.4, -0.2) is 25.2 Å². The average molecular weight is 251 g/mol. The Morgan fingerprint density at radius 3 is 3.06 bits per heavy atom. The second-order valence-electron chi connectivity index (χ2n) is 4.68. The smallest absolute Gasteiger partial charge is 0.123 e. The molecule has 1 N–H and O–H groups in total.